The first kappa shape index (κ1) is 19.2. The zero-order valence-electron chi connectivity index (χ0n) is 16.2. The van der Waals surface area contributed by atoms with Crippen LogP contribution in [0.3, 0.4) is 0 Å². The lowest BCUT2D eigenvalue weighted by molar-refractivity contribution is -0.119. The highest BCUT2D eigenvalue weighted by Gasteiger charge is 2.33. The van der Waals surface area contributed by atoms with Gasteiger partial charge in [0.15, 0.2) is 0 Å². The van der Waals surface area contributed by atoms with E-state index in [0.29, 0.717) is 23.0 Å². The number of benzene rings is 4. The van der Waals surface area contributed by atoms with Crippen LogP contribution in [0.4, 0.5) is 5.69 Å². The van der Waals surface area contributed by atoms with Gasteiger partial charge in [0.2, 0.25) is 5.91 Å². The Morgan fingerprint density at radius 3 is 2.20 bits per heavy atom. The number of hydrogen-bond donors (Lipinski definition) is 0. The number of nitrogens with zero attached hydrogens (tertiary/aromatic N) is 1. The lowest BCUT2D eigenvalue weighted by atomic mass is 9.81. The second-order valence-corrected chi connectivity index (χ2v) is 8.51. The monoisotopic (exact) mass is 431 g/mol. The van der Waals surface area contributed by atoms with Gasteiger partial charge < -0.3 is 4.90 Å². The molecule has 0 N–H and O–H groups in total. The summed E-state index contributed by atoms with van der Waals surface area (Å²) in [6.45, 7) is 0.523. The maximum Gasteiger partial charge on any atom is 0.228 e. The van der Waals surface area contributed by atoms with E-state index < -0.39 is 0 Å². The molecule has 0 bridgehead atoms. The Labute approximate surface area is 185 Å². The first-order chi connectivity index (χ1) is 14.6. The van der Waals surface area contributed by atoms with Crippen LogP contribution < -0.4 is 4.90 Å². The van der Waals surface area contributed by atoms with Crippen LogP contribution in [0.15, 0.2) is 84.9 Å². The largest absolute Gasteiger partial charge is 0.308 e. The average Bonchev–Trinajstić information content (AvgIpc) is 2.77. The molecule has 0 radical (unpaired) electrons. The molecule has 1 unspecified atom stereocenters. The number of carbonyl (C=O) groups excluding carboxylic acids is 1. The van der Waals surface area contributed by atoms with E-state index in [0.717, 1.165) is 16.8 Å². The van der Waals surface area contributed by atoms with Crippen molar-refractivity contribution in [2.75, 3.05) is 4.90 Å². The van der Waals surface area contributed by atoms with Gasteiger partial charge in [-0.2, -0.15) is 0 Å². The van der Waals surface area contributed by atoms with Gasteiger partial charge in [0.25, 0.3) is 0 Å². The molecular formula is C26H19Cl2NO. The van der Waals surface area contributed by atoms with Crippen LogP contribution >= 0.6 is 23.2 Å². The number of halogens is 2. The van der Waals surface area contributed by atoms with Gasteiger partial charge in [-0.05, 0) is 57.8 Å². The van der Waals surface area contributed by atoms with Crippen molar-refractivity contribution in [3.8, 4) is 0 Å². The zero-order valence-corrected chi connectivity index (χ0v) is 17.7. The molecule has 1 aliphatic rings. The summed E-state index contributed by atoms with van der Waals surface area (Å²) >= 11 is 12.2. The lowest BCUT2D eigenvalue weighted by Crippen LogP contribution is -2.36. The Kier molecular flexibility index (Phi) is 4.98. The van der Waals surface area contributed by atoms with Crippen LogP contribution in [0.25, 0.3) is 10.8 Å². The molecule has 148 valence electrons. The van der Waals surface area contributed by atoms with Crippen molar-refractivity contribution in [3.63, 3.8) is 0 Å². The van der Waals surface area contributed by atoms with E-state index in [2.05, 4.69) is 30.3 Å². The fraction of sp³-hybridized carbons (Fsp3) is 0.115. The van der Waals surface area contributed by atoms with Crippen molar-refractivity contribution < 1.29 is 4.79 Å². The van der Waals surface area contributed by atoms with E-state index in [1.165, 1.54) is 16.3 Å². The zero-order chi connectivity index (χ0) is 20.7. The molecular weight excluding hydrogens is 413 g/mol. The smallest absolute Gasteiger partial charge is 0.228 e. The Morgan fingerprint density at radius 2 is 1.47 bits per heavy atom. The summed E-state index contributed by atoms with van der Waals surface area (Å²) in [5, 5.41) is 3.75. The highest BCUT2D eigenvalue weighted by molar-refractivity contribution is 6.30. The molecule has 1 heterocycles. The topological polar surface area (TPSA) is 20.3 Å². The van der Waals surface area contributed by atoms with Crippen LogP contribution in [-0.2, 0) is 11.3 Å². The average molecular weight is 432 g/mol. The summed E-state index contributed by atoms with van der Waals surface area (Å²) in [4.78, 5) is 15.2. The van der Waals surface area contributed by atoms with Crippen molar-refractivity contribution in [2.45, 2.75) is 18.9 Å². The standard InChI is InChI=1S/C26H19Cl2NO/c27-20-10-5-17(6-11-20)16-29-24-14-9-18-3-1-2-4-22(18)26(24)23(15-25(29)30)19-7-12-21(28)13-8-19/h1-14,23H,15-16H2. The van der Waals surface area contributed by atoms with Gasteiger partial charge in [0.05, 0.1) is 6.54 Å². The van der Waals surface area contributed by atoms with Crippen molar-refractivity contribution in [3.05, 3.63) is 112 Å². The second-order valence-electron chi connectivity index (χ2n) is 7.63. The highest BCUT2D eigenvalue weighted by Crippen LogP contribution is 2.44. The molecule has 4 aromatic rings. The van der Waals surface area contributed by atoms with Gasteiger partial charge in [0.1, 0.15) is 0 Å². The van der Waals surface area contributed by atoms with Gasteiger partial charge in [-0.15, -0.1) is 0 Å². The Hall–Kier alpha value is -2.81. The van der Waals surface area contributed by atoms with Crippen LogP contribution in [-0.4, -0.2) is 5.91 Å². The van der Waals surface area contributed by atoms with Gasteiger partial charge in [-0.3, -0.25) is 4.79 Å². The third-order valence-corrected chi connectivity index (χ3v) is 6.30. The van der Waals surface area contributed by atoms with Crippen molar-refractivity contribution in [2.24, 2.45) is 0 Å². The Morgan fingerprint density at radius 1 is 0.800 bits per heavy atom. The molecule has 1 aliphatic heterocycles. The minimum Gasteiger partial charge on any atom is -0.308 e. The molecule has 5 rings (SSSR count). The van der Waals surface area contributed by atoms with E-state index in [9.17, 15) is 4.79 Å². The molecule has 30 heavy (non-hydrogen) atoms. The number of rotatable bonds is 3. The maximum absolute atomic E-state index is 13.3. The SMILES string of the molecule is O=C1CC(c2ccc(Cl)cc2)c2c(ccc3ccccc23)N1Cc1ccc(Cl)cc1. The third-order valence-electron chi connectivity index (χ3n) is 5.79. The lowest BCUT2D eigenvalue weighted by Gasteiger charge is -2.35. The third kappa shape index (κ3) is 3.47. The Bertz CT molecular complexity index is 1230. The summed E-state index contributed by atoms with van der Waals surface area (Å²) in [7, 11) is 0. The molecule has 4 aromatic carbocycles. The van der Waals surface area contributed by atoms with Crippen LogP contribution in [0.1, 0.15) is 29.0 Å². The van der Waals surface area contributed by atoms with E-state index in [-0.39, 0.29) is 11.8 Å². The molecule has 0 aromatic heterocycles. The quantitative estimate of drug-likeness (QED) is 0.335. The molecule has 0 saturated carbocycles. The number of anilines is 1. The van der Waals surface area contributed by atoms with E-state index >= 15 is 0 Å². The molecule has 1 amide bonds. The van der Waals surface area contributed by atoms with Gasteiger partial charge in [-0.1, -0.05) is 77.8 Å². The van der Waals surface area contributed by atoms with Crippen LogP contribution in [0.5, 0.6) is 0 Å². The Balaban J connectivity index is 1.66. The van der Waals surface area contributed by atoms with Gasteiger partial charge >= 0.3 is 0 Å². The van der Waals surface area contributed by atoms with Crippen molar-refractivity contribution in [1.29, 1.82) is 0 Å². The number of fused-ring (bicyclic) bond motifs is 3. The number of carbonyl (C=O) groups is 1. The first-order valence-corrected chi connectivity index (χ1v) is 10.7. The minimum atomic E-state index is -0.00247. The fourth-order valence-electron chi connectivity index (χ4n) is 4.33. The van der Waals surface area contributed by atoms with Crippen LogP contribution in [0.2, 0.25) is 10.0 Å². The van der Waals surface area contributed by atoms with Gasteiger partial charge in [0, 0.05) is 28.1 Å². The van der Waals surface area contributed by atoms with Crippen molar-refractivity contribution in [1.82, 2.24) is 0 Å². The predicted octanol–water partition coefficient (Wildman–Crippen LogP) is 7.22. The number of hydrogen-bond acceptors (Lipinski definition) is 1. The molecule has 0 aliphatic carbocycles. The summed E-state index contributed by atoms with van der Waals surface area (Å²) in [6, 6.07) is 28.1. The molecule has 1 atom stereocenters. The summed E-state index contributed by atoms with van der Waals surface area (Å²) in [5.74, 6) is 0.116. The van der Waals surface area contributed by atoms with E-state index in [1.54, 1.807) is 0 Å². The molecule has 4 heteroatoms. The van der Waals surface area contributed by atoms with E-state index in [1.807, 2.05) is 59.5 Å². The normalized spacial score (nSPS) is 16.0. The predicted molar refractivity (Wildman–Crippen MR) is 125 cm³/mol. The highest BCUT2D eigenvalue weighted by atomic mass is 35.5. The van der Waals surface area contributed by atoms with E-state index in [4.69, 9.17) is 23.2 Å². The summed E-state index contributed by atoms with van der Waals surface area (Å²) in [5.41, 5.74) is 4.33. The number of amides is 1. The minimum absolute atomic E-state index is 0.00247. The first-order valence-electron chi connectivity index (χ1n) is 9.92. The molecule has 0 spiro atoms. The maximum atomic E-state index is 13.3. The second kappa shape index (κ2) is 7.79. The molecule has 2 nitrogen and oxygen atoms in total. The fourth-order valence-corrected chi connectivity index (χ4v) is 4.58. The van der Waals surface area contributed by atoms with Crippen molar-refractivity contribution >= 4 is 45.6 Å². The summed E-state index contributed by atoms with van der Waals surface area (Å²) in [6.07, 6.45) is 0.427. The summed E-state index contributed by atoms with van der Waals surface area (Å²) < 4.78 is 0. The molecule has 0 saturated heterocycles. The van der Waals surface area contributed by atoms with Gasteiger partial charge in [-0.25, -0.2) is 0 Å². The van der Waals surface area contributed by atoms with Crippen LogP contribution in [0, 0.1) is 0 Å². The molecule has 0 fully saturated rings.